The summed E-state index contributed by atoms with van der Waals surface area (Å²) in [5.41, 5.74) is 2.01. The number of nitrogens with zero attached hydrogens (tertiary/aromatic N) is 3. The van der Waals surface area contributed by atoms with E-state index in [0.717, 1.165) is 5.56 Å². The molecule has 4 aromatic rings. The number of hydrogen-bond donors (Lipinski definition) is 0. The Bertz CT molecular complexity index is 1480. The molecule has 0 aliphatic rings. The van der Waals surface area contributed by atoms with E-state index in [1.807, 2.05) is 52.0 Å². The third-order valence-corrected chi connectivity index (χ3v) is 6.11. The smallest absolute Gasteiger partial charge is 0.266 e. The quantitative estimate of drug-likeness (QED) is 0.335. The first-order valence-electron chi connectivity index (χ1n) is 11.9. The van der Waals surface area contributed by atoms with Gasteiger partial charge in [-0.2, -0.15) is 0 Å². The summed E-state index contributed by atoms with van der Waals surface area (Å²) in [7, 11) is 1.55. The lowest BCUT2D eigenvalue weighted by Crippen LogP contribution is -2.39. The first kappa shape index (κ1) is 25.1. The molecule has 6 nitrogen and oxygen atoms in total. The van der Waals surface area contributed by atoms with E-state index in [1.54, 1.807) is 36.3 Å². The predicted molar refractivity (Wildman–Crippen MR) is 139 cm³/mol. The average Bonchev–Trinajstić information content (AvgIpc) is 2.86. The maximum absolute atomic E-state index is 14.0. The summed E-state index contributed by atoms with van der Waals surface area (Å²) in [4.78, 5) is 34.0. The number of hydrogen-bond acceptors (Lipinski definition) is 4. The van der Waals surface area contributed by atoms with Crippen molar-refractivity contribution < 1.29 is 13.9 Å². The molecule has 7 heteroatoms. The van der Waals surface area contributed by atoms with Crippen LogP contribution >= 0.6 is 0 Å². The minimum atomic E-state index is -0.606. The number of halogens is 1. The zero-order chi connectivity index (χ0) is 26.0. The van der Waals surface area contributed by atoms with Crippen LogP contribution in [-0.4, -0.2) is 34.0 Å². The van der Waals surface area contributed by atoms with Crippen LogP contribution in [-0.2, 0) is 0 Å². The SMILES string of the molecule is COc1ccc(C)cc1-n1c(C(C)N(CC(C)C)C(=O)c2cccc(F)c2)nc2ccccc2c1=O. The fourth-order valence-corrected chi connectivity index (χ4v) is 4.37. The molecule has 0 radical (unpaired) electrons. The largest absolute Gasteiger partial charge is 0.495 e. The Hall–Kier alpha value is -4.00. The Balaban J connectivity index is 1.98. The van der Waals surface area contributed by atoms with Gasteiger partial charge in [-0.25, -0.2) is 9.37 Å². The molecule has 0 spiro atoms. The lowest BCUT2D eigenvalue weighted by Gasteiger charge is -2.32. The summed E-state index contributed by atoms with van der Waals surface area (Å²) in [6.45, 7) is 8.18. The molecule has 0 fully saturated rings. The monoisotopic (exact) mass is 487 g/mol. The van der Waals surface area contributed by atoms with Gasteiger partial charge in [-0.05, 0) is 67.8 Å². The number of fused-ring (bicyclic) bond motifs is 1. The second kappa shape index (κ2) is 10.3. The second-order valence-electron chi connectivity index (χ2n) is 9.34. The van der Waals surface area contributed by atoms with Crippen molar-refractivity contribution in [1.82, 2.24) is 14.5 Å². The van der Waals surface area contributed by atoms with Crippen LogP contribution in [0, 0.1) is 18.7 Å². The summed E-state index contributed by atoms with van der Waals surface area (Å²) in [5.74, 6) is 0.219. The molecule has 36 heavy (non-hydrogen) atoms. The highest BCUT2D eigenvalue weighted by atomic mass is 19.1. The zero-order valence-electron chi connectivity index (χ0n) is 21.2. The van der Waals surface area contributed by atoms with Crippen molar-refractivity contribution in [3.05, 3.63) is 99.9 Å². The fraction of sp³-hybridized carbons (Fsp3) is 0.276. The molecule has 4 rings (SSSR count). The summed E-state index contributed by atoms with van der Waals surface area (Å²) >= 11 is 0. The number of aromatic nitrogens is 2. The molecule has 0 saturated heterocycles. The first-order chi connectivity index (χ1) is 17.2. The second-order valence-corrected chi connectivity index (χ2v) is 9.34. The van der Waals surface area contributed by atoms with Crippen LogP contribution < -0.4 is 10.3 Å². The lowest BCUT2D eigenvalue weighted by molar-refractivity contribution is 0.0654. The Morgan fingerprint density at radius 3 is 2.50 bits per heavy atom. The van der Waals surface area contributed by atoms with Crippen molar-refractivity contribution >= 4 is 16.8 Å². The van der Waals surface area contributed by atoms with Gasteiger partial charge in [-0.3, -0.25) is 14.2 Å². The average molecular weight is 488 g/mol. The summed E-state index contributed by atoms with van der Waals surface area (Å²) in [5, 5.41) is 0.462. The third-order valence-electron chi connectivity index (χ3n) is 6.11. The van der Waals surface area contributed by atoms with Gasteiger partial charge in [0.2, 0.25) is 0 Å². The van der Waals surface area contributed by atoms with Crippen molar-refractivity contribution in [2.75, 3.05) is 13.7 Å². The summed E-state index contributed by atoms with van der Waals surface area (Å²) in [6.07, 6.45) is 0. The van der Waals surface area contributed by atoms with Crippen LogP contribution in [0.4, 0.5) is 4.39 Å². The van der Waals surface area contributed by atoms with Crippen LogP contribution in [0.15, 0.2) is 71.5 Å². The molecule has 186 valence electrons. The third kappa shape index (κ3) is 4.87. The van der Waals surface area contributed by atoms with E-state index >= 15 is 0 Å². The van der Waals surface area contributed by atoms with E-state index in [-0.39, 0.29) is 22.9 Å². The maximum Gasteiger partial charge on any atom is 0.266 e. The van der Waals surface area contributed by atoms with Gasteiger partial charge in [0.05, 0.1) is 29.7 Å². The van der Waals surface area contributed by atoms with Crippen molar-refractivity contribution in [3.8, 4) is 11.4 Å². The Morgan fingerprint density at radius 2 is 1.81 bits per heavy atom. The van der Waals surface area contributed by atoms with Crippen LogP contribution in [0.1, 0.15) is 48.6 Å². The molecule has 0 N–H and O–H groups in total. The minimum absolute atomic E-state index is 0.124. The highest BCUT2D eigenvalue weighted by molar-refractivity contribution is 5.94. The minimum Gasteiger partial charge on any atom is -0.495 e. The van der Waals surface area contributed by atoms with Gasteiger partial charge in [0, 0.05) is 12.1 Å². The predicted octanol–water partition coefficient (Wildman–Crippen LogP) is 5.70. The number of carbonyl (C=O) groups is 1. The van der Waals surface area contributed by atoms with Gasteiger partial charge in [-0.15, -0.1) is 0 Å². The van der Waals surface area contributed by atoms with E-state index in [9.17, 15) is 14.0 Å². The topological polar surface area (TPSA) is 64.4 Å². The van der Waals surface area contributed by atoms with Gasteiger partial charge in [0.15, 0.2) is 0 Å². The number of carbonyl (C=O) groups excluding carboxylic acids is 1. The molecular weight excluding hydrogens is 457 g/mol. The van der Waals surface area contributed by atoms with E-state index in [1.165, 1.54) is 22.8 Å². The highest BCUT2D eigenvalue weighted by Gasteiger charge is 2.29. The summed E-state index contributed by atoms with van der Waals surface area (Å²) in [6, 6.07) is 17.8. The normalized spacial score (nSPS) is 12.1. The Morgan fingerprint density at radius 1 is 1.06 bits per heavy atom. The van der Waals surface area contributed by atoms with Gasteiger partial charge in [0.1, 0.15) is 17.4 Å². The van der Waals surface area contributed by atoms with E-state index in [2.05, 4.69) is 0 Å². The van der Waals surface area contributed by atoms with Crippen LogP contribution in [0.25, 0.3) is 16.6 Å². The summed E-state index contributed by atoms with van der Waals surface area (Å²) < 4.78 is 21.1. The molecule has 0 saturated carbocycles. The molecule has 1 heterocycles. The van der Waals surface area contributed by atoms with Crippen molar-refractivity contribution in [2.24, 2.45) is 5.92 Å². The maximum atomic E-state index is 14.0. The van der Waals surface area contributed by atoms with Crippen molar-refractivity contribution in [3.63, 3.8) is 0 Å². The Kier molecular flexibility index (Phi) is 7.20. The first-order valence-corrected chi connectivity index (χ1v) is 11.9. The molecule has 1 unspecified atom stereocenters. The molecule has 0 aliphatic carbocycles. The molecule has 0 aliphatic heterocycles. The number of amides is 1. The van der Waals surface area contributed by atoms with Crippen LogP contribution in [0.3, 0.4) is 0 Å². The molecule has 1 aromatic heterocycles. The molecule has 0 bridgehead atoms. The molecule has 1 atom stereocenters. The number of methoxy groups -OCH3 is 1. The van der Waals surface area contributed by atoms with Gasteiger partial charge < -0.3 is 9.64 Å². The van der Waals surface area contributed by atoms with Gasteiger partial charge >= 0.3 is 0 Å². The van der Waals surface area contributed by atoms with Crippen LogP contribution in [0.2, 0.25) is 0 Å². The highest BCUT2D eigenvalue weighted by Crippen LogP contribution is 2.29. The van der Waals surface area contributed by atoms with Gasteiger partial charge in [-0.1, -0.05) is 38.1 Å². The Labute approximate surface area is 210 Å². The van der Waals surface area contributed by atoms with E-state index < -0.39 is 11.9 Å². The fourth-order valence-electron chi connectivity index (χ4n) is 4.37. The molecular formula is C29H30FN3O3. The van der Waals surface area contributed by atoms with E-state index in [0.29, 0.717) is 34.7 Å². The van der Waals surface area contributed by atoms with Crippen molar-refractivity contribution in [2.45, 2.75) is 33.7 Å². The van der Waals surface area contributed by atoms with Crippen LogP contribution in [0.5, 0.6) is 5.75 Å². The molecule has 1 amide bonds. The van der Waals surface area contributed by atoms with Gasteiger partial charge in [0.25, 0.3) is 11.5 Å². The number of aryl methyl sites for hydroxylation is 1. The number of ether oxygens (including phenoxy) is 1. The standard InChI is InChI=1S/C29H30FN3O3/c1-18(2)17-32(28(34)21-9-8-10-22(30)16-21)20(4)27-31-24-12-7-6-11-23(24)29(35)33(27)25-15-19(3)13-14-26(25)36-5/h6-16,18,20H,17H2,1-5H3. The number of para-hydroxylation sites is 1. The number of benzene rings is 3. The molecule has 3 aromatic carbocycles. The van der Waals surface area contributed by atoms with E-state index in [4.69, 9.17) is 9.72 Å². The lowest BCUT2D eigenvalue weighted by atomic mass is 10.1. The van der Waals surface area contributed by atoms with Crippen molar-refractivity contribution in [1.29, 1.82) is 0 Å². The number of rotatable bonds is 7. The zero-order valence-corrected chi connectivity index (χ0v) is 21.2.